The number of carbonyl (C=O) groups excluding carboxylic acids is 4. The molecule has 0 radical (unpaired) electrons. The van der Waals surface area contributed by atoms with Crippen molar-refractivity contribution in [3.8, 4) is 40.2 Å². The van der Waals surface area contributed by atoms with Crippen molar-refractivity contribution in [1.29, 1.82) is 0 Å². The molecular formula is C36H37ClN2O12. The van der Waals surface area contributed by atoms with Crippen LogP contribution in [0.15, 0.2) is 53.8 Å². The maximum absolute atomic E-state index is 14.4. The SMILES string of the molecule is COc1cc(OC)c2c(c1Cl)OC1(C2=O)C(O)=C(C(CC(=O)NC(C(N)=O)c2ccc(O)cc2)c2cc(OC)c(OC)c(OC)c2)C(=O)CC1C. The summed E-state index contributed by atoms with van der Waals surface area (Å²) in [7, 11) is 6.87. The molecule has 15 heteroatoms. The number of aliphatic hydroxyl groups excluding tert-OH is 1. The number of hydrogen-bond acceptors (Lipinski definition) is 12. The molecule has 3 aromatic carbocycles. The fourth-order valence-electron chi connectivity index (χ4n) is 6.62. The molecule has 4 atom stereocenters. The van der Waals surface area contributed by atoms with E-state index in [9.17, 15) is 29.4 Å². The smallest absolute Gasteiger partial charge is 0.244 e. The Bertz CT molecular complexity index is 1920. The minimum absolute atomic E-state index is 0.0516. The number of nitrogens with two attached hydrogens (primary N) is 1. The number of methoxy groups -OCH3 is 5. The second-order valence-electron chi connectivity index (χ2n) is 12.0. The number of rotatable bonds is 12. The normalized spacial score (nSPS) is 19.2. The molecule has 0 fully saturated rings. The standard InChI is InChI=1S/C36H37ClN2O12/c1-16-11-21(41)27(33(43)36(16)34(44)28-22(46-2)15-23(47-3)29(37)32(28)51-36)20(18-12-24(48-4)31(50-6)25(13-18)49-5)14-26(42)39-30(35(38)45)17-7-9-19(40)10-8-17/h7-10,12-13,15-16,20,30,40,43H,11,14H2,1-6H3,(H2,38,45)(H,39,42). The molecule has 5 rings (SSSR count). The van der Waals surface area contributed by atoms with E-state index in [2.05, 4.69) is 5.32 Å². The summed E-state index contributed by atoms with van der Waals surface area (Å²) < 4.78 is 33.7. The first kappa shape index (κ1) is 36.6. The van der Waals surface area contributed by atoms with E-state index in [0.29, 0.717) is 0 Å². The van der Waals surface area contributed by atoms with Crippen molar-refractivity contribution in [3.63, 3.8) is 0 Å². The van der Waals surface area contributed by atoms with Gasteiger partial charge < -0.3 is 49.7 Å². The minimum Gasteiger partial charge on any atom is -0.508 e. The number of ketones is 2. The molecule has 14 nitrogen and oxygen atoms in total. The van der Waals surface area contributed by atoms with Crippen LogP contribution >= 0.6 is 11.6 Å². The van der Waals surface area contributed by atoms with Crippen molar-refractivity contribution >= 4 is 35.0 Å². The molecule has 1 heterocycles. The highest BCUT2D eigenvalue weighted by Gasteiger charge is 2.61. The fraction of sp³-hybridized carbons (Fsp3) is 0.333. The first-order valence-corrected chi connectivity index (χ1v) is 16.0. The number of phenolic OH excluding ortho intramolecular Hbond substituents is 1. The number of halogens is 1. The van der Waals surface area contributed by atoms with Gasteiger partial charge in [-0.25, -0.2) is 0 Å². The molecule has 2 aliphatic rings. The molecule has 0 aromatic heterocycles. The highest BCUT2D eigenvalue weighted by molar-refractivity contribution is 6.35. The summed E-state index contributed by atoms with van der Waals surface area (Å²) in [6.45, 7) is 1.57. The predicted octanol–water partition coefficient (Wildman–Crippen LogP) is 4.34. The number of primary amides is 1. The van der Waals surface area contributed by atoms with Crippen LogP contribution in [0.2, 0.25) is 5.02 Å². The third-order valence-electron chi connectivity index (χ3n) is 9.16. The zero-order valence-corrected chi connectivity index (χ0v) is 29.4. The predicted molar refractivity (Wildman–Crippen MR) is 182 cm³/mol. The minimum atomic E-state index is -2.15. The fourth-order valence-corrected chi connectivity index (χ4v) is 6.88. The van der Waals surface area contributed by atoms with Gasteiger partial charge in [0.15, 0.2) is 28.8 Å². The Hall–Kier alpha value is -5.63. The van der Waals surface area contributed by atoms with E-state index in [1.165, 1.54) is 78.0 Å². The molecule has 1 spiro atoms. The topological polar surface area (TPSA) is 202 Å². The summed E-state index contributed by atoms with van der Waals surface area (Å²) >= 11 is 6.60. The average molecular weight is 725 g/mol. The lowest BCUT2D eigenvalue weighted by atomic mass is 9.69. The number of nitrogens with one attached hydrogen (secondary N) is 1. The number of carbonyl (C=O) groups is 4. The van der Waals surface area contributed by atoms with Crippen LogP contribution in [0.3, 0.4) is 0 Å². The number of Topliss-reactive ketones (excluding diaryl/α,β-unsaturated/α-hetero) is 2. The zero-order valence-electron chi connectivity index (χ0n) is 28.6. The van der Waals surface area contributed by atoms with Crippen molar-refractivity contribution in [2.75, 3.05) is 35.5 Å². The van der Waals surface area contributed by atoms with Crippen molar-refractivity contribution in [1.82, 2.24) is 5.32 Å². The number of aromatic hydroxyl groups is 1. The maximum atomic E-state index is 14.4. The summed E-state index contributed by atoms with van der Waals surface area (Å²) in [4.78, 5) is 54.9. The van der Waals surface area contributed by atoms with Crippen molar-refractivity contribution in [2.45, 2.75) is 37.3 Å². The van der Waals surface area contributed by atoms with Crippen LogP contribution in [0.4, 0.5) is 0 Å². The van der Waals surface area contributed by atoms with Gasteiger partial charge in [-0.1, -0.05) is 30.7 Å². The highest BCUT2D eigenvalue weighted by Crippen LogP contribution is 2.56. The van der Waals surface area contributed by atoms with Gasteiger partial charge in [0.1, 0.15) is 33.9 Å². The number of allylic oxidation sites excluding steroid dienone is 1. The van der Waals surface area contributed by atoms with Gasteiger partial charge in [-0.15, -0.1) is 0 Å². The molecule has 51 heavy (non-hydrogen) atoms. The summed E-state index contributed by atoms with van der Waals surface area (Å²) in [5.74, 6) is -5.29. The molecule has 3 aromatic rings. The molecule has 0 saturated heterocycles. The van der Waals surface area contributed by atoms with Gasteiger partial charge in [-0.3, -0.25) is 19.2 Å². The molecule has 5 N–H and O–H groups in total. The van der Waals surface area contributed by atoms with E-state index in [0.717, 1.165) is 0 Å². The Morgan fingerprint density at radius 3 is 2.04 bits per heavy atom. The Morgan fingerprint density at radius 2 is 1.51 bits per heavy atom. The van der Waals surface area contributed by atoms with Crippen molar-refractivity contribution < 1.29 is 57.8 Å². The number of hydrogen-bond donors (Lipinski definition) is 4. The Balaban J connectivity index is 1.70. The highest BCUT2D eigenvalue weighted by atomic mass is 35.5. The quantitative estimate of drug-likeness (QED) is 0.206. The van der Waals surface area contributed by atoms with Gasteiger partial charge >= 0.3 is 0 Å². The van der Waals surface area contributed by atoms with Gasteiger partial charge in [-0.05, 0) is 35.4 Å². The Labute approximate surface area is 298 Å². The van der Waals surface area contributed by atoms with E-state index in [1.54, 1.807) is 6.92 Å². The molecule has 0 saturated carbocycles. The van der Waals surface area contributed by atoms with Crippen molar-refractivity contribution in [2.24, 2.45) is 11.7 Å². The summed E-state index contributed by atoms with van der Waals surface area (Å²) in [5, 5.41) is 24.5. The van der Waals surface area contributed by atoms with Crippen LogP contribution in [0.5, 0.6) is 40.2 Å². The lowest BCUT2D eigenvalue weighted by Gasteiger charge is -2.39. The largest absolute Gasteiger partial charge is 0.508 e. The van der Waals surface area contributed by atoms with Gasteiger partial charge in [0.05, 0.1) is 35.5 Å². The van der Waals surface area contributed by atoms with Crippen LogP contribution in [0, 0.1) is 5.92 Å². The van der Waals surface area contributed by atoms with E-state index in [4.69, 9.17) is 45.8 Å². The van der Waals surface area contributed by atoms with Crippen LogP contribution in [-0.2, 0) is 14.4 Å². The third kappa shape index (κ3) is 6.20. The number of ether oxygens (including phenoxy) is 6. The van der Waals surface area contributed by atoms with E-state index in [-0.39, 0.29) is 74.0 Å². The summed E-state index contributed by atoms with van der Waals surface area (Å²) in [6, 6.07) is 8.57. The number of phenols is 1. The lowest BCUT2D eigenvalue weighted by molar-refractivity contribution is -0.127. The monoisotopic (exact) mass is 724 g/mol. The molecule has 1 aliphatic heterocycles. The second-order valence-corrected chi connectivity index (χ2v) is 12.3. The Morgan fingerprint density at radius 1 is 0.922 bits per heavy atom. The first-order valence-electron chi connectivity index (χ1n) is 15.6. The first-order chi connectivity index (χ1) is 24.3. The second kappa shape index (κ2) is 14.3. The number of amides is 2. The van der Waals surface area contributed by atoms with Gasteiger partial charge in [0.2, 0.25) is 28.9 Å². The average Bonchev–Trinajstić information content (AvgIpc) is 3.43. The van der Waals surface area contributed by atoms with Crippen LogP contribution in [0.25, 0.3) is 0 Å². The van der Waals surface area contributed by atoms with E-state index < -0.39 is 59.0 Å². The summed E-state index contributed by atoms with van der Waals surface area (Å²) in [6.07, 6.45) is -0.828. The van der Waals surface area contributed by atoms with E-state index in [1.807, 2.05) is 0 Å². The lowest BCUT2D eigenvalue weighted by Crippen LogP contribution is -2.53. The van der Waals surface area contributed by atoms with E-state index >= 15 is 0 Å². The molecule has 2 amide bonds. The molecule has 1 aliphatic carbocycles. The number of fused-ring (bicyclic) bond motifs is 1. The maximum Gasteiger partial charge on any atom is 0.244 e. The van der Waals surface area contributed by atoms with Crippen molar-refractivity contribution in [3.05, 3.63) is 75.5 Å². The number of benzene rings is 3. The molecule has 0 bridgehead atoms. The number of aliphatic hydroxyl groups is 1. The molecule has 270 valence electrons. The molecular weight excluding hydrogens is 688 g/mol. The van der Waals surface area contributed by atoms with Gasteiger partial charge in [0.25, 0.3) is 0 Å². The van der Waals surface area contributed by atoms with Gasteiger partial charge in [0, 0.05) is 36.3 Å². The zero-order chi connectivity index (χ0) is 37.4. The third-order valence-corrected chi connectivity index (χ3v) is 9.51. The summed E-state index contributed by atoms with van der Waals surface area (Å²) in [5.41, 5.74) is 3.67. The van der Waals surface area contributed by atoms with Crippen LogP contribution in [0.1, 0.15) is 53.2 Å². The Kier molecular flexibility index (Phi) is 10.3. The van der Waals surface area contributed by atoms with Gasteiger partial charge in [-0.2, -0.15) is 0 Å². The van der Waals surface area contributed by atoms with Crippen LogP contribution in [-0.4, -0.2) is 74.7 Å². The van der Waals surface area contributed by atoms with Crippen LogP contribution < -0.4 is 39.5 Å². The molecule has 4 unspecified atom stereocenters.